The van der Waals surface area contributed by atoms with Gasteiger partial charge in [0.2, 0.25) is 5.69 Å². The van der Waals surface area contributed by atoms with Gasteiger partial charge in [0.05, 0.1) is 0 Å². The lowest BCUT2D eigenvalue weighted by atomic mass is 10.3. The van der Waals surface area contributed by atoms with Crippen LogP contribution in [0.5, 0.6) is 0 Å². The molecule has 0 radical (unpaired) electrons. The monoisotopic (exact) mass is 256 g/mol. The maximum absolute atomic E-state index is 11.8. The maximum atomic E-state index is 11.8. The van der Waals surface area contributed by atoms with Gasteiger partial charge in [0, 0.05) is 17.2 Å². The lowest BCUT2D eigenvalue weighted by molar-refractivity contribution is -0.435. The Morgan fingerprint density at radius 3 is 2.11 bits per heavy atom. The van der Waals surface area contributed by atoms with Gasteiger partial charge < -0.3 is 5.21 Å². The van der Waals surface area contributed by atoms with E-state index in [4.69, 9.17) is 0 Å². The van der Waals surface area contributed by atoms with Crippen LogP contribution in [0.2, 0.25) is 0 Å². The number of hydrogen-bond acceptors (Lipinski definition) is 6. The minimum Gasteiger partial charge on any atom is -0.594 e. The van der Waals surface area contributed by atoms with E-state index < -0.39 is 0 Å². The molecule has 0 aliphatic heterocycles. The van der Waals surface area contributed by atoms with E-state index in [2.05, 4.69) is 15.5 Å². The van der Waals surface area contributed by atoms with E-state index in [0.717, 1.165) is 0 Å². The maximum Gasteiger partial charge on any atom is 0.247 e. The van der Waals surface area contributed by atoms with Crippen LogP contribution in [0.25, 0.3) is 0 Å². The highest BCUT2D eigenvalue weighted by Gasteiger charge is 2.06. The molecule has 19 heavy (non-hydrogen) atoms. The van der Waals surface area contributed by atoms with E-state index in [-0.39, 0.29) is 22.7 Å². The molecule has 0 atom stereocenters. The molecule has 0 saturated carbocycles. The van der Waals surface area contributed by atoms with Gasteiger partial charge in [0.1, 0.15) is 17.1 Å². The van der Waals surface area contributed by atoms with E-state index in [9.17, 15) is 15.0 Å². The first-order valence-electron chi connectivity index (χ1n) is 5.28. The summed E-state index contributed by atoms with van der Waals surface area (Å²) in [6.45, 7) is 0. The largest absolute Gasteiger partial charge is 0.594 e. The number of hydrogen-bond donors (Lipinski definition) is 0. The van der Waals surface area contributed by atoms with Crippen LogP contribution in [0.3, 0.4) is 0 Å². The Morgan fingerprint density at radius 2 is 1.42 bits per heavy atom. The third kappa shape index (κ3) is 3.03. The third-order valence-electron chi connectivity index (χ3n) is 2.30. The summed E-state index contributed by atoms with van der Waals surface area (Å²) in [4.78, 5) is 21.1. The number of benzene rings is 2. The Morgan fingerprint density at radius 1 is 0.842 bits per heavy atom. The van der Waals surface area contributed by atoms with E-state index in [1.165, 1.54) is 36.4 Å². The lowest BCUT2D eigenvalue weighted by Crippen LogP contribution is -1.89. The molecule has 0 fully saturated rings. The van der Waals surface area contributed by atoms with Gasteiger partial charge in [-0.3, -0.25) is 0 Å². The molecule has 94 valence electrons. The van der Waals surface area contributed by atoms with Crippen LogP contribution in [-0.2, 0) is 0 Å². The van der Waals surface area contributed by atoms with Gasteiger partial charge in [-0.05, 0) is 34.6 Å². The van der Waals surface area contributed by atoms with Crippen molar-refractivity contribution in [2.75, 3.05) is 0 Å². The predicted octanol–water partition coefficient (Wildman–Crippen LogP) is 4.41. The molecular formula is C12H8N4O3. The van der Waals surface area contributed by atoms with Crippen LogP contribution in [0.4, 0.5) is 22.7 Å². The van der Waals surface area contributed by atoms with Crippen molar-refractivity contribution in [2.45, 2.75) is 0 Å². The zero-order valence-corrected chi connectivity index (χ0v) is 9.63. The highest BCUT2D eigenvalue weighted by atomic mass is 16.5. The van der Waals surface area contributed by atoms with Crippen LogP contribution in [-0.4, -0.2) is 4.86 Å². The van der Waals surface area contributed by atoms with E-state index in [0.29, 0.717) is 4.86 Å². The van der Waals surface area contributed by atoms with Crippen molar-refractivity contribution >= 4 is 22.7 Å². The van der Waals surface area contributed by atoms with Crippen molar-refractivity contribution < 1.29 is 4.86 Å². The smallest absolute Gasteiger partial charge is 0.247 e. The standard InChI is InChI=1S/C12H8N4O3/c17-14-10-4-1-3-9(7-10)13-16(19)12-6-2-5-11(8-12)15-18/h1-8H. The first-order chi connectivity index (χ1) is 9.22. The zero-order chi connectivity index (χ0) is 13.7. The molecular weight excluding hydrogens is 248 g/mol. The normalized spacial score (nSPS) is 11.1. The van der Waals surface area contributed by atoms with E-state index in [1.807, 2.05) is 0 Å². The highest BCUT2D eigenvalue weighted by Crippen LogP contribution is 2.24. The number of nitrogens with zero attached hydrogens (tertiary/aromatic N) is 4. The molecule has 7 nitrogen and oxygen atoms in total. The number of azo groups is 1. The molecule has 0 unspecified atom stereocenters. The summed E-state index contributed by atoms with van der Waals surface area (Å²) in [5.74, 6) is 0. The van der Waals surface area contributed by atoms with Gasteiger partial charge in [0.15, 0.2) is 0 Å². The molecule has 0 saturated heterocycles. The fourth-order valence-electron chi connectivity index (χ4n) is 1.44. The molecule has 0 amide bonds. The Kier molecular flexibility index (Phi) is 3.67. The van der Waals surface area contributed by atoms with Crippen molar-refractivity contribution in [1.29, 1.82) is 0 Å². The summed E-state index contributed by atoms with van der Waals surface area (Å²) in [5.41, 5.74) is 0.771. The lowest BCUT2D eigenvalue weighted by Gasteiger charge is -1.99. The molecule has 0 bridgehead atoms. The third-order valence-corrected chi connectivity index (χ3v) is 2.30. The Balaban J connectivity index is 2.35. The van der Waals surface area contributed by atoms with Crippen molar-refractivity contribution in [1.82, 2.24) is 0 Å². The Hall–Kier alpha value is -2.96. The van der Waals surface area contributed by atoms with E-state index in [1.54, 1.807) is 12.1 Å². The van der Waals surface area contributed by atoms with Crippen molar-refractivity contribution in [2.24, 2.45) is 15.5 Å². The first kappa shape index (κ1) is 12.5. The van der Waals surface area contributed by atoms with Crippen LogP contribution >= 0.6 is 0 Å². The minimum absolute atomic E-state index is 0.136. The first-order valence-corrected chi connectivity index (χ1v) is 5.28. The average molecular weight is 256 g/mol. The van der Waals surface area contributed by atoms with Crippen LogP contribution < -0.4 is 0 Å². The molecule has 0 aliphatic rings. The minimum atomic E-state index is 0.136. The number of rotatable bonds is 4. The molecule has 0 heterocycles. The quantitative estimate of drug-likeness (QED) is 0.350. The molecule has 7 heteroatoms. The number of nitroso groups, excluding NO2 is 2. The van der Waals surface area contributed by atoms with Gasteiger partial charge in [-0.1, -0.05) is 17.0 Å². The average Bonchev–Trinajstić information content (AvgIpc) is 2.47. The topological polar surface area (TPSA) is 97.3 Å². The molecule has 0 aromatic heterocycles. The van der Waals surface area contributed by atoms with Gasteiger partial charge in [-0.2, -0.15) is 0 Å². The van der Waals surface area contributed by atoms with Gasteiger partial charge >= 0.3 is 0 Å². The highest BCUT2D eigenvalue weighted by molar-refractivity contribution is 5.50. The van der Waals surface area contributed by atoms with Crippen molar-refractivity contribution in [3.05, 3.63) is 63.6 Å². The second-order valence-corrected chi connectivity index (χ2v) is 3.60. The molecule has 2 rings (SSSR count). The second-order valence-electron chi connectivity index (χ2n) is 3.60. The second kappa shape index (κ2) is 5.58. The predicted molar refractivity (Wildman–Crippen MR) is 69.2 cm³/mol. The van der Waals surface area contributed by atoms with Gasteiger partial charge in [0.25, 0.3) is 0 Å². The van der Waals surface area contributed by atoms with Crippen LogP contribution in [0.15, 0.2) is 64.0 Å². The summed E-state index contributed by atoms with van der Waals surface area (Å²) in [7, 11) is 0. The molecule has 0 N–H and O–H groups in total. The van der Waals surface area contributed by atoms with Crippen molar-refractivity contribution in [3.8, 4) is 0 Å². The summed E-state index contributed by atoms with van der Waals surface area (Å²) in [5, 5.41) is 21.0. The molecule has 2 aromatic carbocycles. The Bertz CT molecular complexity index is 655. The molecule has 0 aliphatic carbocycles. The summed E-state index contributed by atoms with van der Waals surface area (Å²) in [6.07, 6.45) is 0. The van der Waals surface area contributed by atoms with Gasteiger partial charge in [-0.15, -0.1) is 9.81 Å². The van der Waals surface area contributed by atoms with Gasteiger partial charge in [-0.25, -0.2) is 0 Å². The van der Waals surface area contributed by atoms with Crippen molar-refractivity contribution in [3.63, 3.8) is 0 Å². The summed E-state index contributed by atoms with van der Waals surface area (Å²) in [6, 6.07) is 11.8. The Labute approximate surface area is 107 Å². The zero-order valence-electron chi connectivity index (χ0n) is 9.63. The SMILES string of the molecule is O=Nc1cccc(N=[N+]([O-])c2cccc(N=O)c2)c1. The van der Waals surface area contributed by atoms with E-state index >= 15 is 0 Å². The van der Waals surface area contributed by atoms with Crippen LogP contribution in [0.1, 0.15) is 0 Å². The summed E-state index contributed by atoms with van der Waals surface area (Å²) >= 11 is 0. The fourth-order valence-corrected chi connectivity index (χ4v) is 1.44. The molecule has 0 spiro atoms. The van der Waals surface area contributed by atoms with Crippen LogP contribution in [0, 0.1) is 15.0 Å². The summed E-state index contributed by atoms with van der Waals surface area (Å²) < 4.78 is 0. The molecule has 2 aromatic rings. The fraction of sp³-hybridized carbons (Fsp3) is 0.